The van der Waals surface area contributed by atoms with Gasteiger partial charge in [-0.25, -0.2) is 0 Å². The van der Waals surface area contributed by atoms with Gasteiger partial charge in [0.05, 0.1) is 4.91 Å². The molecule has 1 fully saturated rings. The van der Waals surface area contributed by atoms with E-state index in [9.17, 15) is 4.79 Å². The van der Waals surface area contributed by atoms with Crippen LogP contribution in [0.5, 0.6) is 11.5 Å². The van der Waals surface area contributed by atoms with Crippen LogP contribution >= 0.6 is 24.0 Å². The van der Waals surface area contributed by atoms with Crippen molar-refractivity contribution >= 4 is 40.3 Å². The number of rotatable bonds is 5. The minimum Gasteiger partial charge on any atom is -0.457 e. The van der Waals surface area contributed by atoms with Gasteiger partial charge in [0.1, 0.15) is 15.8 Å². The smallest absolute Gasteiger partial charge is 0.266 e. The van der Waals surface area contributed by atoms with E-state index in [1.165, 1.54) is 17.3 Å². The minimum absolute atomic E-state index is 0.0843. The van der Waals surface area contributed by atoms with Crippen LogP contribution in [0.2, 0.25) is 0 Å². The van der Waals surface area contributed by atoms with E-state index in [2.05, 4.69) is 39.5 Å². The Bertz CT molecular complexity index is 940. The molecular weight excluding hydrogens is 386 g/mol. The molecule has 0 aromatic heterocycles. The van der Waals surface area contributed by atoms with Crippen molar-refractivity contribution < 1.29 is 9.53 Å². The van der Waals surface area contributed by atoms with Gasteiger partial charge >= 0.3 is 0 Å². The molecule has 1 aliphatic heterocycles. The predicted molar refractivity (Wildman–Crippen MR) is 122 cm³/mol. The molecule has 1 heterocycles. The Hall–Kier alpha value is -2.37. The van der Waals surface area contributed by atoms with Crippen molar-refractivity contribution in [2.24, 2.45) is 0 Å². The third-order valence-corrected chi connectivity index (χ3v) is 5.67. The second-order valence-corrected chi connectivity index (χ2v) is 9.21. The fourth-order valence-corrected chi connectivity index (χ4v) is 4.04. The molecule has 3 rings (SSSR count). The standard InChI is InChI=1S/C23H23NO2S2/c1-5-13-24-21(25)20(28-22(24)27)15-16-7-6-8-19(14-16)26-18-11-9-17(10-12-18)23(2,3)4/h5-12,14-15H,1,13H2,2-4H3. The Morgan fingerprint density at radius 2 is 1.86 bits per heavy atom. The van der Waals surface area contributed by atoms with Crippen LogP contribution < -0.4 is 4.74 Å². The molecule has 2 aromatic carbocycles. The molecule has 1 aliphatic rings. The topological polar surface area (TPSA) is 29.5 Å². The van der Waals surface area contributed by atoms with Crippen LogP contribution in [-0.4, -0.2) is 21.7 Å². The number of thiocarbonyl (C=S) groups is 1. The van der Waals surface area contributed by atoms with Gasteiger partial charge in [0.15, 0.2) is 0 Å². The van der Waals surface area contributed by atoms with E-state index in [4.69, 9.17) is 17.0 Å². The Morgan fingerprint density at radius 3 is 2.50 bits per heavy atom. The summed E-state index contributed by atoms with van der Waals surface area (Å²) in [7, 11) is 0. The maximum absolute atomic E-state index is 12.5. The number of ether oxygens (including phenoxy) is 1. The summed E-state index contributed by atoms with van der Waals surface area (Å²) in [6.07, 6.45) is 3.52. The highest BCUT2D eigenvalue weighted by Crippen LogP contribution is 2.33. The van der Waals surface area contributed by atoms with E-state index in [0.29, 0.717) is 15.8 Å². The average Bonchev–Trinajstić information content (AvgIpc) is 2.89. The normalized spacial score (nSPS) is 16.0. The van der Waals surface area contributed by atoms with Crippen molar-refractivity contribution in [2.45, 2.75) is 26.2 Å². The Labute approximate surface area is 176 Å². The lowest BCUT2D eigenvalue weighted by molar-refractivity contribution is -0.121. The number of hydrogen-bond acceptors (Lipinski definition) is 4. The van der Waals surface area contributed by atoms with Gasteiger partial charge in [-0.1, -0.05) is 75.1 Å². The first-order valence-corrected chi connectivity index (χ1v) is 10.2. The molecule has 28 heavy (non-hydrogen) atoms. The first kappa shape index (κ1) is 20.4. The van der Waals surface area contributed by atoms with Gasteiger partial charge in [-0.05, 0) is 46.9 Å². The summed E-state index contributed by atoms with van der Waals surface area (Å²) < 4.78 is 6.55. The van der Waals surface area contributed by atoms with Crippen LogP contribution in [-0.2, 0) is 10.2 Å². The SMILES string of the molecule is C=CCN1C(=O)C(=Cc2cccc(Oc3ccc(C(C)(C)C)cc3)c2)SC1=S. The van der Waals surface area contributed by atoms with E-state index < -0.39 is 0 Å². The second kappa shape index (κ2) is 8.33. The van der Waals surface area contributed by atoms with E-state index in [1.807, 2.05) is 42.5 Å². The first-order valence-electron chi connectivity index (χ1n) is 9.02. The summed E-state index contributed by atoms with van der Waals surface area (Å²) in [5.74, 6) is 1.42. The average molecular weight is 410 g/mol. The lowest BCUT2D eigenvalue weighted by Crippen LogP contribution is -2.27. The molecule has 5 heteroatoms. The zero-order valence-electron chi connectivity index (χ0n) is 16.3. The molecular formula is C23H23NO2S2. The van der Waals surface area contributed by atoms with Gasteiger partial charge in [-0.15, -0.1) is 6.58 Å². The van der Waals surface area contributed by atoms with Crippen LogP contribution in [0, 0.1) is 0 Å². The number of carbonyl (C=O) groups excluding carboxylic acids is 1. The van der Waals surface area contributed by atoms with Crippen LogP contribution in [0.4, 0.5) is 0 Å². The van der Waals surface area contributed by atoms with E-state index >= 15 is 0 Å². The molecule has 0 saturated carbocycles. The van der Waals surface area contributed by atoms with Gasteiger partial charge in [-0.2, -0.15) is 0 Å². The van der Waals surface area contributed by atoms with Crippen molar-refractivity contribution in [1.82, 2.24) is 4.90 Å². The lowest BCUT2D eigenvalue weighted by Gasteiger charge is -2.19. The van der Waals surface area contributed by atoms with E-state index in [0.717, 1.165) is 17.1 Å². The highest BCUT2D eigenvalue weighted by atomic mass is 32.2. The summed E-state index contributed by atoms with van der Waals surface area (Å²) in [5, 5.41) is 0. The highest BCUT2D eigenvalue weighted by molar-refractivity contribution is 8.26. The van der Waals surface area contributed by atoms with Gasteiger partial charge in [0.25, 0.3) is 5.91 Å². The number of thioether (sulfide) groups is 1. The molecule has 0 bridgehead atoms. The Balaban J connectivity index is 1.77. The quantitative estimate of drug-likeness (QED) is 0.336. The summed E-state index contributed by atoms with van der Waals surface area (Å²) in [5.41, 5.74) is 2.26. The predicted octanol–water partition coefficient (Wildman–Crippen LogP) is 6.16. The molecule has 3 nitrogen and oxygen atoms in total. The van der Waals surface area contributed by atoms with Crippen molar-refractivity contribution in [2.75, 3.05) is 6.54 Å². The van der Waals surface area contributed by atoms with Crippen molar-refractivity contribution in [3.63, 3.8) is 0 Å². The van der Waals surface area contributed by atoms with Crippen molar-refractivity contribution in [1.29, 1.82) is 0 Å². The number of hydrogen-bond donors (Lipinski definition) is 0. The van der Waals surface area contributed by atoms with Crippen LogP contribution in [0.1, 0.15) is 31.9 Å². The summed E-state index contributed by atoms with van der Waals surface area (Å²) in [4.78, 5) is 14.6. The highest BCUT2D eigenvalue weighted by Gasteiger charge is 2.30. The van der Waals surface area contributed by atoms with Gasteiger partial charge in [0.2, 0.25) is 0 Å². The largest absolute Gasteiger partial charge is 0.457 e. The van der Waals surface area contributed by atoms with Gasteiger partial charge < -0.3 is 4.74 Å². The number of carbonyl (C=O) groups is 1. The molecule has 0 atom stereocenters. The van der Waals surface area contributed by atoms with Crippen molar-refractivity contribution in [3.8, 4) is 11.5 Å². The molecule has 0 aliphatic carbocycles. The zero-order chi connectivity index (χ0) is 20.3. The molecule has 0 radical (unpaired) electrons. The number of benzene rings is 2. The molecule has 0 N–H and O–H groups in total. The number of amides is 1. The summed E-state index contributed by atoms with van der Waals surface area (Å²) in [6, 6.07) is 15.8. The maximum Gasteiger partial charge on any atom is 0.266 e. The molecule has 0 unspecified atom stereocenters. The third-order valence-electron chi connectivity index (χ3n) is 4.30. The molecule has 1 amide bonds. The van der Waals surface area contributed by atoms with E-state index in [-0.39, 0.29) is 11.3 Å². The van der Waals surface area contributed by atoms with Gasteiger partial charge in [0, 0.05) is 6.54 Å². The third kappa shape index (κ3) is 4.72. The molecule has 0 spiro atoms. The maximum atomic E-state index is 12.5. The lowest BCUT2D eigenvalue weighted by atomic mass is 9.87. The van der Waals surface area contributed by atoms with Crippen LogP contribution in [0.25, 0.3) is 6.08 Å². The molecule has 144 valence electrons. The summed E-state index contributed by atoms with van der Waals surface area (Å²) in [6.45, 7) is 10.7. The Morgan fingerprint density at radius 1 is 1.14 bits per heavy atom. The van der Waals surface area contributed by atoms with Crippen LogP contribution in [0.3, 0.4) is 0 Å². The second-order valence-electron chi connectivity index (χ2n) is 7.53. The fourth-order valence-electron chi connectivity index (χ4n) is 2.76. The number of nitrogens with zero attached hydrogens (tertiary/aromatic N) is 1. The van der Waals surface area contributed by atoms with Crippen molar-refractivity contribution in [3.05, 3.63) is 77.2 Å². The Kier molecular flexibility index (Phi) is 6.06. The molecule has 2 aromatic rings. The summed E-state index contributed by atoms with van der Waals surface area (Å²) >= 11 is 6.59. The van der Waals surface area contributed by atoms with Gasteiger partial charge in [-0.3, -0.25) is 9.69 Å². The zero-order valence-corrected chi connectivity index (χ0v) is 17.9. The monoisotopic (exact) mass is 409 g/mol. The first-order chi connectivity index (χ1) is 13.3. The molecule has 1 saturated heterocycles. The van der Waals surface area contributed by atoms with Crippen LogP contribution in [0.15, 0.2) is 66.1 Å². The minimum atomic E-state index is -0.0843. The van der Waals surface area contributed by atoms with E-state index in [1.54, 1.807) is 11.0 Å². The fraction of sp³-hybridized carbons (Fsp3) is 0.217.